The summed E-state index contributed by atoms with van der Waals surface area (Å²) in [7, 11) is 0. The second-order valence-electron chi connectivity index (χ2n) is 14.3. The van der Waals surface area contributed by atoms with Crippen molar-refractivity contribution in [3.63, 3.8) is 0 Å². The number of aryl methyl sites for hydroxylation is 4. The van der Waals surface area contributed by atoms with Crippen LogP contribution in [0.15, 0.2) is 97.6 Å². The van der Waals surface area contributed by atoms with Crippen molar-refractivity contribution >= 4 is 29.1 Å². The molecule has 53 heavy (non-hydrogen) atoms. The number of halogens is 2. The van der Waals surface area contributed by atoms with E-state index in [1.165, 1.54) is 39.1 Å². The lowest BCUT2D eigenvalue weighted by atomic mass is 9.96. The smallest absolute Gasteiger partial charge is 0.227 e. The Hall–Kier alpha value is -4.18. The fourth-order valence-corrected chi connectivity index (χ4v) is 8.85. The first kappa shape index (κ1) is 35.8. The van der Waals surface area contributed by atoms with Gasteiger partial charge in [-0.25, -0.2) is 0 Å². The number of benzene rings is 2. The largest absolute Gasteiger partial charge is 0.340 e. The third kappa shape index (κ3) is 8.03. The van der Waals surface area contributed by atoms with Crippen molar-refractivity contribution < 1.29 is 4.79 Å². The highest BCUT2D eigenvalue weighted by molar-refractivity contribution is 6.31. The number of carbonyl (C=O) groups is 1. The van der Waals surface area contributed by atoms with Crippen LogP contribution in [0.1, 0.15) is 62.4 Å². The van der Waals surface area contributed by atoms with Gasteiger partial charge in [-0.3, -0.25) is 29.5 Å². The molecule has 1 N–H and O–H groups in total. The zero-order valence-corrected chi connectivity index (χ0v) is 31.4. The van der Waals surface area contributed by atoms with Crippen molar-refractivity contribution in [3.8, 4) is 0 Å². The molecular weight excluding hydrogens is 701 g/mol. The third-order valence-electron chi connectivity index (χ3n) is 11.1. The molecule has 0 radical (unpaired) electrons. The molecule has 0 unspecified atom stereocenters. The second-order valence-corrected chi connectivity index (χ2v) is 15.2. The molecule has 5 aromatic rings. The molecular formula is C43H45Cl2N7O. The summed E-state index contributed by atoms with van der Waals surface area (Å²) in [5.74, 6) is 0.166. The first-order chi connectivity index (χ1) is 26.0. The molecule has 9 rings (SSSR count). The molecule has 2 aromatic carbocycles. The average molecular weight is 747 g/mol. The van der Waals surface area contributed by atoms with Crippen molar-refractivity contribution in [2.75, 3.05) is 52.4 Å². The second kappa shape index (κ2) is 16.5. The number of pyridine rings is 3. The Morgan fingerprint density at radius 2 is 1.17 bits per heavy atom. The Morgan fingerprint density at radius 3 is 1.72 bits per heavy atom. The molecule has 2 saturated heterocycles. The van der Waals surface area contributed by atoms with E-state index in [4.69, 9.17) is 33.2 Å². The minimum atomic E-state index is 0.0987. The van der Waals surface area contributed by atoms with Gasteiger partial charge in [-0.1, -0.05) is 53.5 Å². The molecule has 8 nitrogen and oxygen atoms in total. The number of hydrogen-bond acceptors (Lipinski definition) is 7. The first-order valence-electron chi connectivity index (χ1n) is 18.8. The fraction of sp³-hybridized carbons (Fsp3) is 0.349. The van der Waals surface area contributed by atoms with Gasteiger partial charge in [-0.15, -0.1) is 0 Å². The zero-order valence-electron chi connectivity index (χ0n) is 29.9. The summed E-state index contributed by atoms with van der Waals surface area (Å²) in [6, 6.07) is 25.3. The molecule has 272 valence electrons. The summed E-state index contributed by atoms with van der Waals surface area (Å²) in [5, 5.41) is 5.05. The number of fused-ring (bicyclic) bond motifs is 4. The van der Waals surface area contributed by atoms with Gasteiger partial charge in [0, 0.05) is 87.2 Å². The number of rotatable bonds is 4. The molecule has 4 aliphatic rings. The van der Waals surface area contributed by atoms with Gasteiger partial charge in [0.05, 0.1) is 29.9 Å². The van der Waals surface area contributed by atoms with Crippen molar-refractivity contribution in [3.05, 3.63) is 158 Å². The monoisotopic (exact) mass is 745 g/mol. The van der Waals surface area contributed by atoms with Crippen molar-refractivity contribution in [1.82, 2.24) is 35.0 Å². The number of hydrogen-bond donors (Lipinski definition) is 1. The third-order valence-corrected chi connectivity index (χ3v) is 11.6. The lowest BCUT2D eigenvalue weighted by molar-refractivity contribution is -0.132. The Bertz CT molecular complexity index is 2050. The van der Waals surface area contributed by atoms with E-state index in [0.29, 0.717) is 6.42 Å². The Balaban J connectivity index is 0.000000160. The van der Waals surface area contributed by atoms with Crippen LogP contribution < -0.4 is 5.32 Å². The van der Waals surface area contributed by atoms with Gasteiger partial charge in [0.1, 0.15) is 0 Å². The lowest BCUT2D eigenvalue weighted by Crippen LogP contribution is -2.50. The lowest BCUT2D eigenvalue weighted by Gasteiger charge is -2.39. The highest BCUT2D eigenvalue weighted by Crippen LogP contribution is 2.38. The fourth-order valence-electron chi connectivity index (χ4n) is 8.46. The van der Waals surface area contributed by atoms with E-state index in [1.54, 1.807) is 12.4 Å². The van der Waals surface area contributed by atoms with Crippen molar-refractivity contribution in [2.24, 2.45) is 0 Å². The minimum Gasteiger partial charge on any atom is -0.340 e. The van der Waals surface area contributed by atoms with Crippen LogP contribution in [0.2, 0.25) is 10.0 Å². The maximum absolute atomic E-state index is 12.8. The molecule has 2 fully saturated rings. The van der Waals surface area contributed by atoms with Crippen LogP contribution in [-0.4, -0.2) is 87.9 Å². The summed E-state index contributed by atoms with van der Waals surface area (Å²) < 4.78 is 0. The number of nitrogens with zero attached hydrogens (tertiary/aromatic N) is 6. The highest BCUT2D eigenvalue weighted by Gasteiger charge is 2.34. The number of aromatic nitrogens is 3. The van der Waals surface area contributed by atoms with Crippen molar-refractivity contribution in [1.29, 1.82) is 0 Å². The molecule has 2 aliphatic carbocycles. The van der Waals surface area contributed by atoms with Crippen LogP contribution in [0.4, 0.5) is 0 Å². The van der Waals surface area contributed by atoms with Crippen LogP contribution in [0.5, 0.6) is 0 Å². The molecule has 10 heteroatoms. The summed E-state index contributed by atoms with van der Waals surface area (Å²) in [5.41, 5.74) is 11.3. The Morgan fingerprint density at radius 1 is 0.642 bits per heavy atom. The summed E-state index contributed by atoms with van der Waals surface area (Å²) in [4.78, 5) is 33.5. The van der Waals surface area contributed by atoms with E-state index in [-0.39, 0.29) is 18.0 Å². The Kier molecular flexibility index (Phi) is 11.1. The summed E-state index contributed by atoms with van der Waals surface area (Å²) >= 11 is 12.6. The molecule has 2 atom stereocenters. The van der Waals surface area contributed by atoms with Gasteiger partial charge in [0.2, 0.25) is 5.91 Å². The van der Waals surface area contributed by atoms with Gasteiger partial charge in [-0.05, 0) is 107 Å². The molecule has 5 heterocycles. The normalized spacial score (nSPS) is 20.0. The van der Waals surface area contributed by atoms with Crippen LogP contribution in [0.25, 0.3) is 0 Å². The summed E-state index contributed by atoms with van der Waals surface area (Å²) in [6.07, 6.45) is 11.7. The van der Waals surface area contributed by atoms with E-state index in [9.17, 15) is 4.79 Å². The molecule has 0 bridgehead atoms. The summed E-state index contributed by atoms with van der Waals surface area (Å²) in [6.45, 7) is 7.29. The first-order valence-corrected chi connectivity index (χ1v) is 19.6. The molecule has 0 spiro atoms. The van der Waals surface area contributed by atoms with Crippen LogP contribution in [-0.2, 0) is 36.9 Å². The van der Waals surface area contributed by atoms with E-state index in [1.807, 2.05) is 47.6 Å². The van der Waals surface area contributed by atoms with Gasteiger partial charge in [-0.2, -0.15) is 0 Å². The molecule has 2 aliphatic heterocycles. The quantitative estimate of drug-likeness (QED) is 0.224. The van der Waals surface area contributed by atoms with Crippen LogP contribution in [0, 0.1) is 0 Å². The van der Waals surface area contributed by atoms with Gasteiger partial charge >= 0.3 is 0 Å². The Labute approximate surface area is 322 Å². The van der Waals surface area contributed by atoms with E-state index in [0.717, 1.165) is 99.3 Å². The predicted octanol–water partition coefficient (Wildman–Crippen LogP) is 6.53. The number of amides is 1. The SMILES string of the molecule is Clc1ccc2c(c1)CCc1cccnc1[C@H]2N1CCNCC1.O=C(Cc1cccnc1)N1CCN([C@H]2c3ccc(Cl)cc3CCc3cccnc32)CC1. The molecule has 0 saturated carbocycles. The predicted molar refractivity (Wildman–Crippen MR) is 210 cm³/mol. The maximum atomic E-state index is 12.8. The van der Waals surface area contributed by atoms with E-state index in [2.05, 4.69) is 62.6 Å². The average Bonchev–Trinajstić information content (AvgIpc) is 3.46. The molecule has 3 aromatic heterocycles. The topological polar surface area (TPSA) is 77.5 Å². The van der Waals surface area contributed by atoms with Crippen LogP contribution >= 0.6 is 23.2 Å². The minimum absolute atomic E-state index is 0.0987. The van der Waals surface area contributed by atoms with Gasteiger partial charge < -0.3 is 10.2 Å². The maximum Gasteiger partial charge on any atom is 0.227 e. The number of nitrogens with one attached hydrogen (secondary N) is 1. The standard InChI is InChI=1S/C25H25ClN4O.C18H20ClN3/c26-21-7-8-22-20(16-21)6-5-19-4-2-10-28-24(19)25(22)30-13-11-29(12-14-30)23(31)15-18-3-1-9-27-17-18;19-15-5-6-16-14(12-15)4-3-13-2-1-7-21-17(13)18(16)22-10-8-20-9-11-22/h1-4,7-10,16-17,25H,5-6,11-15H2;1-2,5-7,12,18,20H,3-4,8-11H2/t25-;18-/m00/s1. The van der Waals surface area contributed by atoms with Gasteiger partial charge in [0.25, 0.3) is 0 Å². The number of carbonyl (C=O) groups excluding carboxylic acids is 1. The molecule has 1 amide bonds. The highest BCUT2D eigenvalue weighted by atomic mass is 35.5. The van der Waals surface area contributed by atoms with E-state index >= 15 is 0 Å². The van der Waals surface area contributed by atoms with E-state index < -0.39 is 0 Å². The van der Waals surface area contributed by atoms with Gasteiger partial charge in [0.15, 0.2) is 0 Å². The number of piperazine rings is 2. The zero-order chi connectivity index (χ0) is 36.1. The van der Waals surface area contributed by atoms with Crippen molar-refractivity contribution in [2.45, 2.75) is 44.2 Å². The van der Waals surface area contributed by atoms with Crippen LogP contribution in [0.3, 0.4) is 0 Å².